The van der Waals surface area contributed by atoms with Crippen LogP contribution in [0.1, 0.15) is 20.3 Å². The summed E-state index contributed by atoms with van der Waals surface area (Å²) in [4.78, 5) is 15.5. The topological polar surface area (TPSA) is 74.6 Å². The molecule has 0 saturated heterocycles. The molecule has 0 amide bonds. The van der Waals surface area contributed by atoms with Crippen molar-refractivity contribution in [1.82, 2.24) is 0 Å². The van der Waals surface area contributed by atoms with Crippen LogP contribution in [0.3, 0.4) is 0 Å². The number of rotatable bonds is 2. The second-order valence-corrected chi connectivity index (χ2v) is 1.93. The first kappa shape index (κ1) is 22.6. The van der Waals surface area contributed by atoms with Crippen molar-refractivity contribution in [2.24, 2.45) is 0 Å². The summed E-state index contributed by atoms with van der Waals surface area (Å²) in [5, 5.41) is 17.1. The third-order valence-electron chi connectivity index (χ3n) is 0.682. The van der Waals surface area contributed by atoms with E-state index >= 15 is 0 Å². The molecule has 4 nitrogen and oxygen atoms in total. The van der Waals surface area contributed by atoms with Crippen LogP contribution in [0.4, 0.5) is 0 Å². The van der Waals surface area contributed by atoms with E-state index in [0.29, 0.717) is 6.42 Å². The molecule has 12 heavy (non-hydrogen) atoms. The molecule has 2 atom stereocenters. The fourth-order valence-electron chi connectivity index (χ4n) is 0.494. The van der Waals surface area contributed by atoms with Crippen LogP contribution in [0.2, 0.25) is 0 Å². The minimum Gasteiger partial charge on any atom is -0.545 e. The van der Waals surface area contributed by atoms with Gasteiger partial charge in [-0.05, 0) is 20.3 Å². The van der Waals surface area contributed by atoms with Gasteiger partial charge in [-0.1, -0.05) is 0 Å². The van der Waals surface area contributed by atoms with Crippen molar-refractivity contribution in [2.75, 3.05) is 0 Å². The van der Waals surface area contributed by atoms with E-state index in [4.69, 9.17) is 19.8 Å². The maximum absolute atomic E-state index is 8.56. The molecule has 0 aromatic carbocycles. The third-order valence-corrected chi connectivity index (χ3v) is 0.682. The van der Waals surface area contributed by atoms with Gasteiger partial charge in [0.25, 0.3) is 0 Å². The molecule has 0 saturated carbocycles. The van der Waals surface area contributed by atoms with Crippen molar-refractivity contribution in [3.63, 3.8) is 0 Å². The van der Waals surface area contributed by atoms with Gasteiger partial charge in [0.05, 0.1) is 12.2 Å². The monoisotopic (exact) mass is 265 g/mol. The van der Waals surface area contributed by atoms with Crippen LogP contribution in [-0.2, 0) is 29.1 Å². The molecule has 0 aliphatic rings. The predicted octanol–water partition coefficient (Wildman–Crippen LogP) is -0.413. The van der Waals surface area contributed by atoms with Crippen molar-refractivity contribution in [3.05, 3.63) is 0 Å². The van der Waals surface area contributed by atoms with Gasteiger partial charge < -0.3 is 19.8 Å². The van der Waals surface area contributed by atoms with Gasteiger partial charge in [-0.2, -0.15) is 0 Å². The summed E-state index contributed by atoms with van der Waals surface area (Å²) < 4.78 is 0. The van der Waals surface area contributed by atoms with Gasteiger partial charge in [0.2, 0.25) is 0 Å². The number of hydrogen-bond donors (Lipinski definition) is 2. The van der Waals surface area contributed by atoms with E-state index in [1.165, 1.54) is 0 Å². The second-order valence-electron chi connectivity index (χ2n) is 1.93. The Balaban J connectivity index is -0.0000000560. The average Bonchev–Trinajstić information content (AvgIpc) is 1.93. The smallest absolute Gasteiger partial charge is 0.545 e. The number of aliphatic hydroxyl groups excluding tert-OH is 2. The summed E-state index contributed by atoms with van der Waals surface area (Å²) in [5.74, 6) is 0. The molecular weight excluding hydrogens is 251 g/mol. The van der Waals surface area contributed by atoms with E-state index in [0.717, 1.165) is 0 Å². The molecule has 2 N–H and O–H groups in total. The standard InChI is InChI=1S/C5H12O2.2CHO.Rh/c1-4(6)3-5(2)7;2*1-2;/h4-7H,3H2,1-2H3;2*1H;/q;2*-1;+2. The molecule has 75 valence electrons. The molecule has 0 heterocycles. The molecule has 2 unspecified atom stereocenters. The van der Waals surface area contributed by atoms with Crippen LogP contribution in [0, 0.1) is 0 Å². The van der Waals surface area contributed by atoms with E-state index in [2.05, 4.69) is 13.6 Å². The molecular formula is C7H14O4Rh. The van der Waals surface area contributed by atoms with Crippen LogP contribution in [0.25, 0.3) is 0 Å². The van der Waals surface area contributed by atoms with E-state index < -0.39 is 0 Å². The summed E-state index contributed by atoms with van der Waals surface area (Å²) >= 11 is 0. The van der Waals surface area contributed by atoms with Crippen LogP contribution in [-0.4, -0.2) is 36.0 Å². The second kappa shape index (κ2) is 22.4. The van der Waals surface area contributed by atoms with Gasteiger partial charge in [0.15, 0.2) is 0 Å². The Labute approximate surface area is 85.7 Å². The van der Waals surface area contributed by atoms with E-state index in [1.54, 1.807) is 13.8 Å². The summed E-state index contributed by atoms with van der Waals surface area (Å²) in [7, 11) is 0. The van der Waals surface area contributed by atoms with Crippen molar-refractivity contribution >= 4 is 13.6 Å². The van der Waals surface area contributed by atoms with E-state index in [1.807, 2.05) is 0 Å². The van der Waals surface area contributed by atoms with Gasteiger partial charge in [-0.15, -0.1) is 0 Å². The molecule has 0 rings (SSSR count). The molecule has 5 heteroatoms. The SMILES string of the molecule is CC(O)CC(C)O.[CH-]=O.[CH-]=O.[Rh+2]. The Kier molecular flexibility index (Phi) is 42.3. The molecule has 0 bridgehead atoms. The zero-order valence-electron chi connectivity index (χ0n) is 7.06. The van der Waals surface area contributed by atoms with E-state index in [-0.39, 0.29) is 31.7 Å². The fraction of sp³-hybridized carbons (Fsp3) is 0.714. The van der Waals surface area contributed by atoms with Crippen molar-refractivity contribution in [1.29, 1.82) is 0 Å². The first-order valence-electron chi connectivity index (χ1n) is 2.96. The summed E-state index contributed by atoms with van der Waals surface area (Å²) in [6.07, 6.45) is -0.278. The number of carbonyl (C=O) groups excluding carboxylic acids is 2. The Bertz CT molecular complexity index is 60.4. The number of hydrogen-bond acceptors (Lipinski definition) is 4. The summed E-state index contributed by atoms with van der Waals surface area (Å²) in [6.45, 7) is 9.82. The first-order chi connectivity index (χ1) is 5.13. The molecule has 0 aliphatic carbocycles. The van der Waals surface area contributed by atoms with Crippen molar-refractivity contribution in [3.8, 4) is 0 Å². The minimum atomic E-state index is -0.375. The maximum atomic E-state index is 8.56. The van der Waals surface area contributed by atoms with Gasteiger partial charge in [0, 0.05) is 0 Å². The summed E-state index contributed by atoms with van der Waals surface area (Å²) in [6, 6.07) is 0. The Hall–Kier alpha value is -0.117. The van der Waals surface area contributed by atoms with Crippen LogP contribution in [0.15, 0.2) is 0 Å². The van der Waals surface area contributed by atoms with Gasteiger partial charge >= 0.3 is 19.5 Å². The van der Waals surface area contributed by atoms with Gasteiger partial charge in [-0.25, -0.2) is 0 Å². The van der Waals surface area contributed by atoms with Crippen LogP contribution < -0.4 is 0 Å². The van der Waals surface area contributed by atoms with Crippen molar-refractivity contribution < 1.29 is 39.3 Å². The Morgan fingerprint density at radius 3 is 1.17 bits per heavy atom. The predicted molar refractivity (Wildman–Crippen MR) is 41.5 cm³/mol. The van der Waals surface area contributed by atoms with Crippen LogP contribution >= 0.6 is 0 Å². The largest absolute Gasteiger partial charge is 2.00 e. The zero-order valence-corrected chi connectivity index (χ0v) is 8.70. The normalized spacial score (nSPS) is 11.7. The quantitative estimate of drug-likeness (QED) is 0.404. The van der Waals surface area contributed by atoms with Gasteiger partial charge in [-0.3, -0.25) is 13.6 Å². The Morgan fingerprint density at radius 1 is 1.00 bits per heavy atom. The minimum absolute atomic E-state index is 0. The molecule has 0 aliphatic heterocycles. The third kappa shape index (κ3) is 51.7. The summed E-state index contributed by atoms with van der Waals surface area (Å²) in [5.41, 5.74) is 0. The Morgan fingerprint density at radius 2 is 1.17 bits per heavy atom. The maximum Gasteiger partial charge on any atom is 2.00 e. The average molecular weight is 265 g/mol. The van der Waals surface area contributed by atoms with Crippen LogP contribution in [0.5, 0.6) is 0 Å². The molecule has 0 aromatic heterocycles. The van der Waals surface area contributed by atoms with Gasteiger partial charge in [0.1, 0.15) is 0 Å². The van der Waals surface area contributed by atoms with Crippen molar-refractivity contribution in [2.45, 2.75) is 32.5 Å². The van der Waals surface area contributed by atoms with E-state index in [9.17, 15) is 0 Å². The molecule has 1 radical (unpaired) electrons. The molecule has 0 spiro atoms. The molecule has 0 aromatic rings. The fourth-order valence-corrected chi connectivity index (χ4v) is 0.494. The molecule has 0 fully saturated rings. The number of aliphatic hydroxyl groups is 2. The first-order valence-corrected chi connectivity index (χ1v) is 2.96. The zero-order chi connectivity index (χ0) is 9.86.